The zero-order valence-electron chi connectivity index (χ0n) is 11.1. The zero-order chi connectivity index (χ0) is 13.7. The van der Waals surface area contributed by atoms with Gasteiger partial charge in [-0.2, -0.15) is 0 Å². The van der Waals surface area contributed by atoms with E-state index in [9.17, 15) is 0 Å². The average molecular weight is 302 g/mol. The van der Waals surface area contributed by atoms with E-state index in [2.05, 4.69) is 15.3 Å². The summed E-state index contributed by atoms with van der Waals surface area (Å²) < 4.78 is 0. The van der Waals surface area contributed by atoms with Crippen molar-refractivity contribution in [2.45, 2.75) is 32.6 Å². The van der Waals surface area contributed by atoms with Crippen LogP contribution < -0.4 is 5.73 Å². The van der Waals surface area contributed by atoms with E-state index in [1.165, 1.54) is 16.9 Å². The second-order valence-electron chi connectivity index (χ2n) is 5.12. The van der Waals surface area contributed by atoms with Gasteiger partial charge in [-0.1, -0.05) is 0 Å². The predicted molar refractivity (Wildman–Crippen MR) is 83.5 cm³/mol. The largest absolute Gasteiger partial charge is 0.383 e. The summed E-state index contributed by atoms with van der Waals surface area (Å²) in [7, 11) is 0. The molecule has 0 saturated carbocycles. The van der Waals surface area contributed by atoms with Gasteiger partial charge < -0.3 is 5.73 Å². The highest BCUT2D eigenvalue weighted by Gasteiger charge is 2.21. The highest BCUT2D eigenvalue weighted by atomic mass is 32.1. The second-order valence-corrected chi connectivity index (χ2v) is 7.15. The summed E-state index contributed by atoms with van der Waals surface area (Å²) in [6.45, 7) is 2.00. The maximum Gasteiger partial charge on any atom is 0.139 e. The van der Waals surface area contributed by atoms with E-state index in [1.807, 2.05) is 6.92 Å². The number of hydrogen-bond acceptors (Lipinski definition) is 6. The molecule has 0 aliphatic heterocycles. The van der Waals surface area contributed by atoms with E-state index in [1.54, 1.807) is 22.7 Å². The Morgan fingerprint density at radius 3 is 2.95 bits per heavy atom. The van der Waals surface area contributed by atoms with Crippen LogP contribution in [0.25, 0.3) is 10.2 Å². The van der Waals surface area contributed by atoms with Gasteiger partial charge in [0.05, 0.1) is 11.8 Å². The van der Waals surface area contributed by atoms with Gasteiger partial charge in [0.25, 0.3) is 0 Å². The number of aromatic nitrogens is 3. The average Bonchev–Trinajstić information content (AvgIpc) is 3.04. The Labute approximate surface area is 124 Å². The third-order valence-corrected chi connectivity index (χ3v) is 5.77. The fourth-order valence-electron chi connectivity index (χ4n) is 2.77. The molecule has 0 amide bonds. The number of anilines is 1. The quantitative estimate of drug-likeness (QED) is 0.790. The van der Waals surface area contributed by atoms with Gasteiger partial charge in [-0.25, -0.2) is 15.0 Å². The smallest absolute Gasteiger partial charge is 0.139 e. The molecule has 3 heterocycles. The van der Waals surface area contributed by atoms with Crippen molar-refractivity contribution < 1.29 is 0 Å². The molecule has 102 valence electrons. The first-order valence-corrected chi connectivity index (χ1v) is 8.38. The van der Waals surface area contributed by atoms with Crippen LogP contribution in [0.2, 0.25) is 0 Å². The van der Waals surface area contributed by atoms with Crippen LogP contribution in [0.15, 0.2) is 5.38 Å². The van der Waals surface area contributed by atoms with E-state index in [0.717, 1.165) is 39.6 Å². The minimum atomic E-state index is 0.637. The third kappa shape index (κ3) is 1.91. The topological polar surface area (TPSA) is 64.7 Å². The Hall–Kier alpha value is -1.53. The van der Waals surface area contributed by atoms with Gasteiger partial charge in [0.15, 0.2) is 0 Å². The summed E-state index contributed by atoms with van der Waals surface area (Å²) in [6.07, 6.45) is 4.18. The first kappa shape index (κ1) is 12.2. The van der Waals surface area contributed by atoms with Gasteiger partial charge in [0, 0.05) is 16.0 Å². The highest BCUT2D eigenvalue weighted by molar-refractivity contribution is 7.19. The fourth-order valence-corrected chi connectivity index (χ4v) is 4.82. The molecule has 3 aromatic rings. The molecule has 0 bridgehead atoms. The molecule has 0 aromatic carbocycles. The number of nitrogens with zero attached hydrogens (tertiary/aromatic N) is 3. The molecule has 0 atom stereocenters. The molecule has 3 aromatic heterocycles. The lowest BCUT2D eigenvalue weighted by Crippen LogP contribution is -2.01. The van der Waals surface area contributed by atoms with E-state index in [4.69, 9.17) is 10.7 Å². The molecule has 4 nitrogen and oxygen atoms in total. The van der Waals surface area contributed by atoms with Crippen LogP contribution in [-0.2, 0) is 19.3 Å². The monoisotopic (exact) mass is 302 g/mol. The van der Waals surface area contributed by atoms with Gasteiger partial charge in [0.1, 0.15) is 21.5 Å². The van der Waals surface area contributed by atoms with E-state index < -0.39 is 0 Å². The molecule has 4 rings (SSSR count). The van der Waals surface area contributed by atoms with Crippen molar-refractivity contribution in [3.05, 3.63) is 32.3 Å². The number of hydrogen-bond donors (Lipinski definition) is 1. The molecular formula is C14H14N4S2. The Kier molecular flexibility index (Phi) is 2.75. The van der Waals surface area contributed by atoms with Crippen molar-refractivity contribution >= 4 is 38.7 Å². The van der Waals surface area contributed by atoms with Crippen LogP contribution >= 0.6 is 22.7 Å². The number of nitrogens with two attached hydrogens (primary N) is 1. The maximum atomic E-state index is 6.17. The van der Waals surface area contributed by atoms with Crippen LogP contribution in [0.4, 0.5) is 5.82 Å². The van der Waals surface area contributed by atoms with Crippen LogP contribution in [0.5, 0.6) is 0 Å². The van der Waals surface area contributed by atoms with E-state index >= 15 is 0 Å². The summed E-state index contributed by atoms with van der Waals surface area (Å²) in [5.41, 5.74) is 8.61. The summed E-state index contributed by atoms with van der Waals surface area (Å²) in [5, 5.41) is 4.20. The molecule has 0 radical (unpaired) electrons. The van der Waals surface area contributed by atoms with Crippen LogP contribution in [0, 0.1) is 6.92 Å². The van der Waals surface area contributed by atoms with Gasteiger partial charge in [-0.05, 0) is 31.7 Å². The molecule has 0 unspecified atom stereocenters. The third-order valence-electron chi connectivity index (χ3n) is 3.61. The van der Waals surface area contributed by atoms with Crippen LogP contribution in [0.1, 0.15) is 33.4 Å². The minimum absolute atomic E-state index is 0.637. The molecule has 0 spiro atoms. The summed E-state index contributed by atoms with van der Waals surface area (Å²) in [5.74, 6) is 1.42. The molecule has 6 heteroatoms. The highest BCUT2D eigenvalue weighted by Crippen LogP contribution is 2.38. The number of nitrogen functional groups attached to an aromatic ring is 1. The molecule has 2 N–H and O–H groups in total. The Morgan fingerprint density at radius 2 is 2.15 bits per heavy atom. The Balaban J connectivity index is 1.78. The number of fused-ring (bicyclic) bond motifs is 3. The van der Waals surface area contributed by atoms with Crippen LogP contribution in [-0.4, -0.2) is 15.0 Å². The van der Waals surface area contributed by atoms with Crippen molar-refractivity contribution in [2.24, 2.45) is 0 Å². The van der Waals surface area contributed by atoms with E-state index in [0.29, 0.717) is 12.2 Å². The molecule has 0 saturated heterocycles. The lowest BCUT2D eigenvalue weighted by molar-refractivity contribution is 0.916. The maximum absolute atomic E-state index is 6.17. The summed E-state index contributed by atoms with van der Waals surface area (Å²) >= 11 is 3.43. The first-order valence-electron chi connectivity index (χ1n) is 6.68. The van der Waals surface area contributed by atoms with Crippen LogP contribution in [0.3, 0.4) is 0 Å². The SMILES string of the molecule is Cc1csc(Cc2nc(N)c3c4c(sc3n2)CCC4)n1. The molecule has 1 aliphatic carbocycles. The number of thiazole rings is 1. The minimum Gasteiger partial charge on any atom is -0.383 e. The molecular weight excluding hydrogens is 288 g/mol. The summed E-state index contributed by atoms with van der Waals surface area (Å²) in [4.78, 5) is 16.2. The Bertz CT molecular complexity index is 803. The van der Waals surface area contributed by atoms with Crippen molar-refractivity contribution in [1.29, 1.82) is 0 Å². The summed E-state index contributed by atoms with van der Waals surface area (Å²) in [6, 6.07) is 0. The van der Waals surface area contributed by atoms with Gasteiger partial charge in [-0.3, -0.25) is 0 Å². The fraction of sp³-hybridized carbons (Fsp3) is 0.357. The molecule has 20 heavy (non-hydrogen) atoms. The lowest BCUT2D eigenvalue weighted by Gasteiger charge is -2.02. The second kappa shape index (κ2) is 4.49. The Morgan fingerprint density at radius 1 is 1.25 bits per heavy atom. The lowest BCUT2D eigenvalue weighted by atomic mass is 10.2. The standard InChI is InChI=1S/C14H14N4S2/c1-7-6-19-11(16-7)5-10-17-13(15)12-8-3-2-4-9(8)20-14(12)18-10/h6H,2-5H2,1H3,(H2,15,17,18). The van der Waals surface area contributed by atoms with Crippen molar-refractivity contribution in [1.82, 2.24) is 15.0 Å². The number of thiophene rings is 1. The number of rotatable bonds is 2. The van der Waals surface area contributed by atoms with E-state index in [-0.39, 0.29) is 0 Å². The van der Waals surface area contributed by atoms with Gasteiger partial charge >= 0.3 is 0 Å². The molecule has 0 fully saturated rings. The zero-order valence-corrected chi connectivity index (χ0v) is 12.8. The van der Waals surface area contributed by atoms with Gasteiger partial charge in [-0.15, -0.1) is 22.7 Å². The number of aryl methyl sites for hydroxylation is 3. The van der Waals surface area contributed by atoms with Crippen molar-refractivity contribution in [3.63, 3.8) is 0 Å². The first-order chi connectivity index (χ1) is 9.70. The van der Waals surface area contributed by atoms with Gasteiger partial charge in [0.2, 0.25) is 0 Å². The predicted octanol–water partition coefficient (Wildman–Crippen LogP) is 3.12. The normalized spacial score (nSPS) is 14.1. The van der Waals surface area contributed by atoms with Crippen molar-refractivity contribution in [3.8, 4) is 0 Å². The van der Waals surface area contributed by atoms with Crippen molar-refractivity contribution in [2.75, 3.05) is 5.73 Å². The molecule has 1 aliphatic rings.